The summed E-state index contributed by atoms with van der Waals surface area (Å²) in [5.41, 5.74) is 0.666. The molecule has 0 radical (unpaired) electrons. The summed E-state index contributed by atoms with van der Waals surface area (Å²) in [7, 11) is 0. The van der Waals surface area contributed by atoms with Crippen molar-refractivity contribution < 1.29 is 14.3 Å². The van der Waals surface area contributed by atoms with Crippen LogP contribution in [0.5, 0.6) is 0 Å². The third-order valence-electron chi connectivity index (χ3n) is 3.17. The van der Waals surface area contributed by atoms with Crippen LogP contribution in [-0.4, -0.2) is 38.4 Å². The fourth-order valence-corrected chi connectivity index (χ4v) is 2.50. The summed E-state index contributed by atoms with van der Waals surface area (Å²) in [6, 6.07) is 7.36. The predicted molar refractivity (Wildman–Crippen MR) is 80.9 cm³/mol. The zero-order valence-electron chi connectivity index (χ0n) is 11.4. The minimum atomic E-state index is -0.0505. The Morgan fingerprint density at radius 2 is 2.40 bits per heavy atom. The molecule has 5 heteroatoms. The second kappa shape index (κ2) is 8.39. The highest BCUT2D eigenvalue weighted by Crippen LogP contribution is 2.12. The largest absolute Gasteiger partial charge is 0.379 e. The molecule has 1 aromatic rings. The Labute approximate surface area is 128 Å². The monoisotopic (exact) mass is 341 g/mol. The van der Waals surface area contributed by atoms with Gasteiger partial charge in [0, 0.05) is 29.8 Å². The maximum absolute atomic E-state index is 11.8. The highest BCUT2D eigenvalue weighted by Gasteiger charge is 2.14. The zero-order valence-corrected chi connectivity index (χ0v) is 13.0. The van der Waals surface area contributed by atoms with E-state index in [0.717, 1.165) is 30.3 Å². The molecule has 1 aliphatic heterocycles. The number of hydrogen-bond acceptors (Lipinski definition) is 3. The van der Waals surface area contributed by atoms with Crippen LogP contribution in [0.3, 0.4) is 0 Å². The quantitative estimate of drug-likeness (QED) is 0.775. The first-order valence-electron chi connectivity index (χ1n) is 6.99. The minimum Gasteiger partial charge on any atom is -0.379 e. The number of carbonyl (C=O) groups excluding carboxylic acids is 1. The third kappa shape index (κ3) is 5.23. The first-order chi connectivity index (χ1) is 9.75. The molecule has 0 bridgehead atoms. The molecule has 1 fully saturated rings. The molecule has 4 nitrogen and oxygen atoms in total. The molecule has 1 saturated heterocycles. The maximum atomic E-state index is 11.8. The zero-order chi connectivity index (χ0) is 14.2. The average Bonchev–Trinajstić information content (AvgIpc) is 2.95. The highest BCUT2D eigenvalue weighted by molar-refractivity contribution is 9.10. The molecule has 0 aliphatic carbocycles. The molecule has 1 aliphatic rings. The van der Waals surface area contributed by atoms with Gasteiger partial charge in [0.15, 0.2) is 0 Å². The van der Waals surface area contributed by atoms with Crippen LogP contribution in [-0.2, 0) is 9.47 Å². The van der Waals surface area contributed by atoms with Gasteiger partial charge < -0.3 is 14.8 Å². The minimum absolute atomic E-state index is 0.0505. The molecule has 1 N–H and O–H groups in total. The van der Waals surface area contributed by atoms with E-state index in [1.165, 1.54) is 0 Å². The number of halogens is 1. The fraction of sp³-hybridized carbons (Fsp3) is 0.533. The summed E-state index contributed by atoms with van der Waals surface area (Å²) >= 11 is 3.35. The van der Waals surface area contributed by atoms with Gasteiger partial charge in [-0.05, 0) is 37.5 Å². The van der Waals surface area contributed by atoms with Crippen molar-refractivity contribution >= 4 is 21.8 Å². The molecule has 1 heterocycles. The van der Waals surface area contributed by atoms with Gasteiger partial charge in [0.2, 0.25) is 0 Å². The number of amides is 1. The molecule has 0 aromatic heterocycles. The van der Waals surface area contributed by atoms with E-state index in [9.17, 15) is 4.79 Å². The Kier molecular flexibility index (Phi) is 6.50. The fourth-order valence-electron chi connectivity index (χ4n) is 2.10. The summed E-state index contributed by atoms with van der Waals surface area (Å²) in [4.78, 5) is 11.8. The van der Waals surface area contributed by atoms with Crippen LogP contribution < -0.4 is 5.32 Å². The molecule has 1 amide bonds. The van der Waals surface area contributed by atoms with Gasteiger partial charge in [-0.2, -0.15) is 0 Å². The lowest BCUT2D eigenvalue weighted by atomic mass is 10.2. The number of rotatable bonds is 7. The van der Waals surface area contributed by atoms with Crippen molar-refractivity contribution in [3.8, 4) is 0 Å². The van der Waals surface area contributed by atoms with Gasteiger partial charge in [0.25, 0.3) is 5.91 Å². The Morgan fingerprint density at radius 1 is 1.50 bits per heavy atom. The molecule has 1 atom stereocenters. The number of carbonyl (C=O) groups is 1. The van der Waals surface area contributed by atoms with Crippen LogP contribution in [0.1, 0.15) is 29.6 Å². The number of ether oxygens (including phenoxy) is 2. The molecular formula is C15H20BrNO3. The van der Waals surface area contributed by atoms with Crippen LogP contribution >= 0.6 is 15.9 Å². The Hall–Kier alpha value is -0.910. The van der Waals surface area contributed by atoms with Crippen molar-refractivity contribution in [1.29, 1.82) is 0 Å². The topological polar surface area (TPSA) is 47.6 Å². The summed E-state index contributed by atoms with van der Waals surface area (Å²) in [5.74, 6) is -0.0505. The van der Waals surface area contributed by atoms with Crippen molar-refractivity contribution in [1.82, 2.24) is 5.32 Å². The Morgan fingerprint density at radius 3 is 3.15 bits per heavy atom. The van der Waals surface area contributed by atoms with Crippen molar-refractivity contribution in [3.63, 3.8) is 0 Å². The maximum Gasteiger partial charge on any atom is 0.251 e. The van der Waals surface area contributed by atoms with E-state index in [4.69, 9.17) is 9.47 Å². The van der Waals surface area contributed by atoms with E-state index in [1.54, 1.807) is 6.07 Å². The SMILES string of the molecule is O=C(NCCCOCC1CCCO1)c1cccc(Br)c1. The van der Waals surface area contributed by atoms with Crippen LogP contribution in [0.25, 0.3) is 0 Å². The molecule has 0 saturated carbocycles. The second-order valence-electron chi connectivity index (χ2n) is 4.83. The average molecular weight is 342 g/mol. The van der Waals surface area contributed by atoms with Crippen LogP contribution in [0, 0.1) is 0 Å². The molecule has 110 valence electrons. The van der Waals surface area contributed by atoms with Gasteiger partial charge in [-0.3, -0.25) is 4.79 Å². The van der Waals surface area contributed by atoms with Gasteiger partial charge in [0.1, 0.15) is 0 Å². The Bertz CT molecular complexity index is 433. The molecule has 1 unspecified atom stereocenters. The number of nitrogens with one attached hydrogen (secondary N) is 1. The second-order valence-corrected chi connectivity index (χ2v) is 5.75. The van der Waals surface area contributed by atoms with E-state index < -0.39 is 0 Å². The number of hydrogen-bond donors (Lipinski definition) is 1. The van der Waals surface area contributed by atoms with E-state index in [-0.39, 0.29) is 12.0 Å². The first kappa shape index (κ1) is 15.5. The molecule has 20 heavy (non-hydrogen) atoms. The van der Waals surface area contributed by atoms with E-state index >= 15 is 0 Å². The summed E-state index contributed by atoms with van der Waals surface area (Å²) in [6.45, 7) is 2.80. The third-order valence-corrected chi connectivity index (χ3v) is 3.66. The van der Waals surface area contributed by atoms with E-state index in [2.05, 4.69) is 21.2 Å². The predicted octanol–water partition coefficient (Wildman–Crippen LogP) is 2.76. The summed E-state index contributed by atoms with van der Waals surface area (Å²) in [6.07, 6.45) is 3.31. The van der Waals surface area contributed by atoms with Gasteiger partial charge >= 0.3 is 0 Å². The van der Waals surface area contributed by atoms with Crippen LogP contribution in [0.2, 0.25) is 0 Å². The van der Waals surface area contributed by atoms with Gasteiger partial charge in [-0.1, -0.05) is 22.0 Å². The van der Waals surface area contributed by atoms with Crippen molar-refractivity contribution in [2.24, 2.45) is 0 Å². The Balaban J connectivity index is 1.55. The molecule has 0 spiro atoms. The lowest BCUT2D eigenvalue weighted by molar-refractivity contribution is 0.0166. The smallest absolute Gasteiger partial charge is 0.251 e. The lowest BCUT2D eigenvalue weighted by Gasteiger charge is -2.10. The number of benzene rings is 1. The first-order valence-corrected chi connectivity index (χ1v) is 7.78. The summed E-state index contributed by atoms with van der Waals surface area (Å²) in [5, 5.41) is 2.88. The highest BCUT2D eigenvalue weighted by atomic mass is 79.9. The van der Waals surface area contributed by atoms with Crippen LogP contribution in [0.15, 0.2) is 28.7 Å². The van der Waals surface area contributed by atoms with Crippen molar-refractivity contribution in [3.05, 3.63) is 34.3 Å². The standard InChI is InChI=1S/C15H20BrNO3/c16-13-5-1-4-12(10-13)15(18)17-7-3-8-19-11-14-6-2-9-20-14/h1,4-5,10,14H,2-3,6-9,11H2,(H,17,18). The molecule has 1 aromatic carbocycles. The van der Waals surface area contributed by atoms with Gasteiger partial charge in [0.05, 0.1) is 12.7 Å². The lowest BCUT2D eigenvalue weighted by Crippen LogP contribution is -2.25. The molecular weight excluding hydrogens is 322 g/mol. The molecule has 2 rings (SSSR count). The van der Waals surface area contributed by atoms with Gasteiger partial charge in [-0.15, -0.1) is 0 Å². The normalized spacial score (nSPS) is 18.1. The van der Waals surface area contributed by atoms with Crippen molar-refractivity contribution in [2.45, 2.75) is 25.4 Å². The van der Waals surface area contributed by atoms with E-state index in [1.807, 2.05) is 18.2 Å². The summed E-state index contributed by atoms with van der Waals surface area (Å²) < 4.78 is 11.9. The van der Waals surface area contributed by atoms with Gasteiger partial charge in [-0.25, -0.2) is 0 Å². The van der Waals surface area contributed by atoms with E-state index in [0.29, 0.717) is 25.3 Å². The van der Waals surface area contributed by atoms with Crippen LogP contribution in [0.4, 0.5) is 0 Å². The van der Waals surface area contributed by atoms with Crippen molar-refractivity contribution in [2.75, 3.05) is 26.4 Å².